The Morgan fingerprint density at radius 2 is 2.35 bits per heavy atom. The smallest absolute Gasteiger partial charge is 0.119 e. The number of morpholine rings is 1. The third-order valence-electron chi connectivity index (χ3n) is 3.77. The van der Waals surface area contributed by atoms with Crippen LogP contribution in [0.25, 0.3) is 0 Å². The summed E-state index contributed by atoms with van der Waals surface area (Å²) in [7, 11) is 1.71. The van der Waals surface area contributed by atoms with Gasteiger partial charge in [0, 0.05) is 19.6 Å². The molecule has 0 amide bonds. The van der Waals surface area contributed by atoms with Crippen molar-refractivity contribution in [1.82, 2.24) is 10.2 Å². The van der Waals surface area contributed by atoms with Crippen molar-refractivity contribution in [3.8, 4) is 5.75 Å². The molecule has 1 saturated heterocycles. The normalized spacial score (nSPS) is 20.0. The van der Waals surface area contributed by atoms with Gasteiger partial charge in [-0.3, -0.25) is 4.90 Å². The van der Waals surface area contributed by atoms with Gasteiger partial charge in [-0.25, -0.2) is 0 Å². The molecule has 4 heteroatoms. The van der Waals surface area contributed by atoms with Gasteiger partial charge in [-0.05, 0) is 37.2 Å². The van der Waals surface area contributed by atoms with Gasteiger partial charge in [-0.2, -0.15) is 0 Å². The second kappa shape index (κ2) is 8.25. The summed E-state index contributed by atoms with van der Waals surface area (Å²) >= 11 is 0. The van der Waals surface area contributed by atoms with E-state index in [1.807, 2.05) is 12.1 Å². The number of rotatable bonds is 7. The Balaban J connectivity index is 1.65. The summed E-state index contributed by atoms with van der Waals surface area (Å²) < 4.78 is 11.0. The predicted molar refractivity (Wildman–Crippen MR) is 81.4 cm³/mol. The van der Waals surface area contributed by atoms with E-state index in [9.17, 15) is 0 Å². The lowest BCUT2D eigenvalue weighted by molar-refractivity contribution is -0.0251. The molecule has 2 rings (SSSR count). The monoisotopic (exact) mass is 278 g/mol. The maximum Gasteiger partial charge on any atom is 0.119 e. The molecule has 0 bridgehead atoms. The van der Waals surface area contributed by atoms with E-state index in [-0.39, 0.29) is 0 Å². The van der Waals surface area contributed by atoms with E-state index in [4.69, 9.17) is 9.47 Å². The molecule has 1 N–H and O–H groups in total. The quantitative estimate of drug-likeness (QED) is 0.767. The van der Waals surface area contributed by atoms with Crippen LogP contribution in [0.15, 0.2) is 24.3 Å². The topological polar surface area (TPSA) is 33.7 Å². The number of benzene rings is 1. The first-order valence-corrected chi connectivity index (χ1v) is 7.49. The van der Waals surface area contributed by atoms with Crippen LogP contribution in [0.2, 0.25) is 0 Å². The fraction of sp³-hybridized carbons (Fsp3) is 0.625. The van der Waals surface area contributed by atoms with Crippen molar-refractivity contribution in [3.05, 3.63) is 29.8 Å². The van der Waals surface area contributed by atoms with Gasteiger partial charge in [-0.1, -0.05) is 19.1 Å². The van der Waals surface area contributed by atoms with Crippen LogP contribution in [-0.4, -0.2) is 57.4 Å². The molecule has 0 spiro atoms. The highest BCUT2D eigenvalue weighted by atomic mass is 16.5. The van der Waals surface area contributed by atoms with Crippen LogP contribution in [0.5, 0.6) is 5.75 Å². The van der Waals surface area contributed by atoms with Crippen molar-refractivity contribution in [1.29, 1.82) is 0 Å². The van der Waals surface area contributed by atoms with Crippen LogP contribution < -0.4 is 10.1 Å². The lowest BCUT2D eigenvalue weighted by atomic mass is 10.1. The van der Waals surface area contributed by atoms with Crippen molar-refractivity contribution in [2.24, 2.45) is 0 Å². The Kier molecular flexibility index (Phi) is 6.30. The minimum absolute atomic E-state index is 0.328. The minimum Gasteiger partial charge on any atom is -0.497 e. The van der Waals surface area contributed by atoms with Crippen LogP contribution in [0.4, 0.5) is 0 Å². The average molecular weight is 278 g/mol. The lowest BCUT2D eigenvalue weighted by Gasteiger charge is -2.32. The summed E-state index contributed by atoms with van der Waals surface area (Å²) in [6, 6.07) is 8.25. The van der Waals surface area contributed by atoms with Crippen LogP contribution >= 0.6 is 0 Å². The highest BCUT2D eigenvalue weighted by Crippen LogP contribution is 2.12. The fourth-order valence-corrected chi connectivity index (χ4v) is 2.51. The Hall–Kier alpha value is -1.10. The highest BCUT2D eigenvalue weighted by molar-refractivity contribution is 5.28. The van der Waals surface area contributed by atoms with Gasteiger partial charge in [0.05, 0.1) is 19.8 Å². The van der Waals surface area contributed by atoms with Crippen molar-refractivity contribution >= 4 is 0 Å². The number of ether oxygens (including phenoxy) is 2. The molecular formula is C16H26N2O2. The first kappa shape index (κ1) is 15.3. The fourth-order valence-electron chi connectivity index (χ4n) is 2.51. The first-order valence-electron chi connectivity index (χ1n) is 7.49. The Bertz CT molecular complexity index is 398. The van der Waals surface area contributed by atoms with Crippen LogP contribution in [0.1, 0.15) is 12.5 Å². The molecule has 1 aliphatic rings. The molecule has 112 valence electrons. The molecule has 4 nitrogen and oxygen atoms in total. The number of hydrogen-bond donors (Lipinski definition) is 1. The van der Waals surface area contributed by atoms with E-state index in [2.05, 4.69) is 29.3 Å². The van der Waals surface area contributed by atoms with Crippen LogP contribution in [0.3, 0.4) is 0 Å². The summed E-state index contributed by atoms with van der Waals surface area (Å²) in [5.74, 6) is 0.928. The number of likely N-dealkylation sites (N-methyl/N-ethyl adjacent to an activating group) is 1. The third kappa shape index (κ3) is 4.78. The van der Waals surface area contributed by atoms with E-state index < -0.39 is 0 Å². The summed E-state index contributed by atoms with van der Waals surface area (Å²) in [4.78, 5) is 2.44. The Morgan fingerprint density at radius 1 is 1.45 bits per heavy atom. The second-order valence-corrected chi connectivity index (χ2v) is 5.19. The average Bonchev–Trinajstić information content (AvgIpc) is 2.52. The summed E-state index contributed by atoms with van der Waals surface area (Å²) in [6.07, 6.45) is 1.34. The molecule has 1 atom stereocenters. The molecule has 1 aliphatic heterocycles. The van der Waals surface area contributed by atoms with Crippen molar-refractivity contribution in [2.45, 2.75) is 19.4 Å². The zero-order chi connectivity index (χ0) is 14.2. The maximum atomic E-state index is 5.77. The first-order chi connectivity index (χ1) is 9.81. The molecule has 1 unspecified atom stereocenters. The number of hydrogen-bond acceptors (Lipinski definition) is 4. The van der Waals surface area contributed by atoms with Gasteiger partial charge in [0.2, 0.25) is 0 Å². The van der Waals surface area contributed by atoms with Crippen molar-refractivity contribution in [2.75, 3.05) is 46.4 Å². The number of methoxy groups -OCH3 is 1. The van der Waals surface area contributed by atoms with Gasteiger partial charge in [0.1, 0.15) is 5.75 Å². The Morgan fingerprint density at radius 3 is 3.15 bits per heavy atom. The summed E-state index contributed by atoms with van der Waals surface area (Å²) in [5.41, 5.74) is 1.30. The molecule has 1 heterocycles. The molecular weight excluding hydrogens is 252 g/mol. The molecule has 0 radical (unpaired) electrons. The van der Waals surface area contributed by atoms with E-state index in [1.54, 1.807) is 7.11 Å². The molecule has 20 heavy (non-hydrogen) atoms. The van der Waals surface area contributed by atoms with Gasteiger partial charge in [0.15, 0.2) is 0 Å². The van der Waals surface area contributed by atoms with Crippen LogP contribution in [0, 0.1) is 0 Å². The minimum atomic E-state index is 0.328. The van der Waals surface area contributed by atoms with Gasteiger partial charge >= 0.3 is 0 Å². The highest BCUT2D eigenvalue weighted by Gasteiger charge is 2.18. The number of nitrogens with one attached hydrogen (secondary N) is 1. The van der Waals surface area contributed by atoms with Gasteiger partial charge in [0.25, 0.3) is 0 Å². The Labute approximate surface area is 122 Å². The number of nitrogens with zero attached hydrogens (tertiary/aromatic N) is 1. The zero-order valence-electron chi connectivity index (χ0n) is 12.6. The maximum absolute atomic E-state index is 5.77. The van der Waals surface area contributed by atoms with E-state index in [0.29, 0.717) is 6.10 Å². The van der Waals surface area contributed by atoms with Crippen molar-refractivity contribution in [3.63, 3.8) is 0 Å². The van der Waals surface area contributed by atoms with Crippen LogP contribution in [-0.2, 0) is 11.2 Å². The van der Waals surface area contributed by atoms with E-state index >= 15 is 0 Å². The molecule has 0 aromatic heterocycles. The standard InChI is InChI=1S/C16H26N2O2/c1-3-18-9-10-20-16(13-18)12-17-8-7-14-5-4-6-15(11-14)19-2/h4-6,11,16-17H,3,7-10,12-13H2,1-2H3. The predicted octanol–water partition coefficient (Wildman–Crippen LogP) is 1.55. The van der Waals surface area contributed by atoms with Gasteiger partial charge < -0.3 is 14.8 Å². The van der Waals surface area contributed by atoms with E-state index in [1.165, 1.54) is 5.56 Å². The van der Waals surface area contributed by atoms with Gasteiger partial charge in [-0.15, -0.1) is 0 Å². The van der Waals surface area contributed by atoms with E-state index in [0.717, 1.165) is 51.5 Å². The molecule has 0 aliphatic carbocycles. The SMILES string of the molecule is CCN1CCOC(CNCCc2cccc(OC)c2)C1. The molecule has 1 aromatic rings. The lowest BCUT2D eigenvalue weighted by Crippen LogP contribution is -2.46. The summed E-state index contributed by atoms with van der Waals surface area (Å²) in [6.45, 7) is 8.19. The van der Waals surface area contributed by atoms with Crippen molar-refractivity contribution < 1.29 is 9.47 Å². The largest absolute Gasteiger partial charge is 0.497 e. The third-order valence-corrected chi connectivity index (χ3v) is 3.77. The molecule has 1 aromatic carbocycles. The second-order valence-electron chi connectivity index (χ2n) is 5.19. The molecule has 0 saturated carbocycles. The zero-order valence-corrected chi connectivity index (χ0v) is 12.6. The summed E-state index contributed by atoms with van der Waals surface area (Å²) in [5, 5.41) is 3.49. The molecule has 1 fully saturated rings.